The quantitative estimate of drug-likeness (QED) is 0.152. The van der Waals surface area contributed by atoms with Gasteiger partial charge in [0.05, 0.1) is 27.7 Å². The van der Waals surface area contributed by atoms with E-state index >= 15 is 0 Å². The van der Waals surface area contributed by atoms with E-state index in [0.717, 1.165) is 11.8 Å². The standard InChI is InChI=1S/C31H36ClF6N3OSi/c1-19(2)43(20(3)4,21(5)6)16-13-29-39-26-9-7-23(40-14-11-22(12-15-40)30(33,34)35)18-27(26)41(29)24-8-10-28(25(32)17-24)42-31(36,37)38/h7-10,17-22H,11-12,14-15H2,1-6H3. The summed E-state index contributed by atoms with van der Waals surface area (Å²) in [4.78, 5) is 6.71. The minimum absolute atomic E-state index is 0.000116. The number of ether oxygens (including phenoxy) is 1. The predicted molar refractivity (Wildman–Crippen MR) is 162 cm³/mol. The van der Waals surface area contributed by atoms with Gasteiger partial charge in [0, 0.05) is 18.8 Å². The first-order valence-electron chi connectivity index (χ1n) is 14.4. The van der Waals surface area contributed by atoms with Gasteiger partial charge in [0.15, 0.2) is 5.82 Å². The number of benzene rings is 2. The average Bonchev–Trinajstić information content (AvgIpc) is 3.26. The normalized spacial score (nSPS) is 15.5. The van der Waals surface area contributed by atoms with Gasteiger partial charge < -0.3 is 9.64 Å². The molecule has 0 radical (unpaired) electrons. The number of rotatable bonds is 6. The molecule has 1 aromatic heterocycles. The zero-order valence-corrected chi connectivity index (χ0v) is 26.8. The second kappa shape index (κ2) is 12.3. The highest BCUT2D eigenvalue weighted by Crippen LogP contribution is 2.41. The predicted octanol–water partition coefficient (Wildman–Crippen LogP) is 9.93. The fourth-order valence-corrected chi connectivity index (χ4v) is 11.9. The minimum Gasteiger partial charge on any atom is -0.404 e. The van der Waals surface area contributed by atoms with Crippen LogP contribution in [0.5, 0.6) is 5.75 Å². The Kier molecular flexibility index (Phi) is 9.44. The highest BCUT2D eigenvalue weighted by molar-refractivity contribution is 6.90. The van der Waals surface area contributed by atoms with Crippen molar-refractivity contribution >= 4 is 36.4 Å². The fourth-order valence-electron chi connectivity index (χ4n) is 6.50. The molecule has 1 fully saturated rings. The van der Waals surface area contributed by atoms with Crippen molar-refractivity contribution in [3.05, 3.63) is 47.2 Å². The Bertz CT molecular complexity index is 1490. The Labute approximate surface area is 254 Å². The van der Waals surface area contributed by atoms with Gasteiger partial charge in [0.1, 0.15) is 13.8 Å². The van der Waals surface area contributed by atoms with Crippen LogP contribution < -0.4 is 9.64 Å². The van der Waals surface area contributed by atoms with Gasteiger partial charge in [0.25, 0.3) is 0 Å². The van der Waals surface area contributed by atoms with Crippen molar-refractivity contribution < 1.29 is 31.1 Å². The number of nitrogens with zero attached hydrogens (tertiary/aromatic N) is 3. The Balaban J connectivity index is 1.86. The van der Waals surface area contributed by atoms with Crippen LogP contribution in [0, 0.1) is 17.4 Å². The summed E-state index contributed by atoms with van der Waals surface area (Å²) in [6.07, 6.45) is -9.12. The topological polar surface area (TPSA) is 30.3 Å². The van der Waals surface area contributed by atoms with Gasteiger partial charge in [-0.15, -0.1) is 18.7 Å². The summed E-state index contributed by atoms with van der Waals surface area (Å²) in [5.74, 6) is 1.90. The molecule has 4 nitrogen and oxygen atoms in total. The molecular formula is C31H36ClF6N3OSi. The summed E-state index contributed by atoms with van der Waals surface area (Å²) in [5.41, 5.74) is 7.11. The summed E-state index contributed by atoms with van der Waals surface area (Å²) in [7, 11) is -2.18. The van der Waals surface area contributed by atoms with Crippen molar-refractivity contribution in [2.75, 3.05) is 18.0 Å². The number of piperidine rings is 1. The third kappa shape index (κ3) is 6.96. The number of alkyl halides is 6. The molecule has 234 valence electrons. The second-order valence-corrected chi connectivity index (χ2v) is 18.0. The molecule has 3 aromatic rings. The summed E-state index contributed by atoms with van der Waals surface area (Å²) in [6.45, 7) is 13.6. The Morgan fingerprint density at radius 1 is 0.884 bits per heavy atom. The summed E-state index contributed by atoms with van der Waals surface area (Å²) < 4.78 is 84.3. The summed E-state index contributed by atoms with van der Waals surface area (Å²) in [5, 5.41) is -0.240. The van der Waals surface area contributed by atoms with Gasteiger partial charge in [-0.3, -0.25) is 4.57 Å². The summed E-state index contributed by atoms with van der Waals surface area (Å²) >= 11 is 6.25. The third-order valence-electron chi connectivity index (χ3n) is 8.62. The molecule has 0 atom stereocenters. The molecule has 2 aromatic carbocycles. The van der Waals surface area contributed by atoms with Gasteiger partial charge in [-0.2, -0.15) is 13.2 Å². The molecule has 0 saturated carbocycles. The van der Waals surface area contributed by atoms with E-state index in [0.29, 0.717) is 39.2 Å². The molecule has 1 saturated heterocycles. The molecule has 0 N–H and O–H groups in total. The minimum atomic E-state index is -4.91. The number of anilines is 1. The smallest absolute Gasteiger partial charge is 0.404 e. The van der Waals surface area contributed by atoms with E-state index < -0.39 is 32.3 Å². The number of halogens is 7. The van der Waals surface area contributed by atoms with Crippen LogP contribution in [0.4, 0.5) is 32.0 Å². The van der Waals surface area contributed by atoms with Crippen LogP contribution >= 0.6 is 11.6 Å². The number of hydrogen-bond donors (Lipinski definition) is 0. The van der Waals surface area contributed by atoms with Crippen LogP contribution in [-0.2, 0) is 0 Å². The van der Waals surface area contributed by atoms with Gasteiger partial charge in [-0.1, -0.05) is 53.1 Å². The molecular weight excluding hydrogens is 608 g/mol. The molecule has 0 aliphatic carbocycles. The highest BCUT2D eigenvalue weighted by atomic mass is 35.5. The average molecular weight is 644 g/mol. The molecule has 1 aliphatic heterocycles. The van der Waals surface area contributed by atoms with E-state index in [9.17, 15) is 26.3 Å². The summed E-state index contributed by atoms with van der Waals surface area (Å²) in [6, 6.07) is 9.44. The van der Waals surface area contributed by atoms with Crippen LogP contribution in [0.2, 0.25) is 21.6 Å². The van der Waals surface area contributed by atoms with E-state index in [1.807, 2.05) is 17.0 Å². The molecule has 0 amide bonds. The molecule has 2 heterocycles. The maximum atomic E-state index is 13.3. The van der Waals surface area contributed by atoms with Crippen molar-refractivity contribution in [1.29, 1.82) is 0 Å². The highest BCUT2D eigenvalue weighted by Gasteiger charge is 2.42. The van der Waals surface area contributed by atoms with Crippen molar-refractivity contribution in [2.45, 2.75) is 83.5 Å². The Morgan fingerprint density at radius 2 is 1.47 bits per heavy atom. The fraction of sp³-hybridized carbons (Fsp3) is 0.516. The first-order chi connectivity index (χ1) is 19.9. The zero-order valence-electron chi connectivity index (χ0n) is 25.0. The number of fused-ring (bicyclic) bond motifs is 1. The molecule has 0 spiro atoms. The van der Waals surface area contributed by atoms with Crippen molar-refractivity contribution in [1.82, 2.24) is 9.55 Å². The Hall–Kier alpha value is -2.84. The van der Waals surface area contributed by atoms with Crippen LogP contribution in [0.15, 0.2) is 36.4 Å². The van der Waals surface area contributed by atoms with Gasteiger partial charge in [-0.25, -0.2) is 4.98 Å². The van der Waals surface area contributed by atoms with E-state index in [2.05, 4.69) is 57.7 Å². The van der Waals surface area contributed by atoms with Crippen LogP contribution in [0.25, 0.3) is 16.7 Å². The van der Waals surface area contributed by atoms with Crippen molar-refractivity contribution in [2.24, 2.45) is 5.92 Å². The Morgan fingerprint density at radius 3 is 1.98 bits per heavy atom. The monoisotopic (exact) mass is 643 g/mol. The number of hydrogen-bond acceptors (Lipinski definition) is 3. The van der Waals surface area contributed by atoms with E-state index in [1.54, 1.807) is 10.6 Å². The lowest BCUT2D eigenvalue weighted by atomic mass is 9.96. The molecule has 0 unspecified atom stereocenters. The first kappa shape index (κ1) is 33.1. The lowest BCUT2D eigenvalue weighted by Gasteiger charge is -2.38. The lowest BCUT2D eigenvalue weighted by molar-refractivity contribution is -0.274. The molecule has 4 rings (SSSR count). The molecule has 0 bridgehead atoms. The zero-order chi connectivity index (χ0) is 31.9. The largest absolute Gasteiger partial charge is 0.573 e. The maximum absolute atomic E-state index is 13.3. The van der Waals surface area contributed by atoms with Crippen LogP contribution in [-0.4, -0.2) is 43.3 Å². The molecule has 12 heteroatoms. The van der Waals surface area contributed by atoms with E-state index in [-0.39, 0.29) is 31.0 Å². The second-order valence-electron chi connectivity index (χ2n) is 12.1. The SMILES string of the molecule is CC(C)[Si](C#Cc1nc2ccc(N3CCC(C(F)(F)F)CC3)cc2n1-c1ccc(OC(F)(F)F)c(Cl)c1)(C(C)C)C(C)C. The van der Waals surface area contributed by atoms with E-state index in [1.165, 1.54) is 12.1 Å². The number of imidazole rings is 1. The third-order valence-corrected chi connectivity index (χ3v) is 15.2. The van der Waals surface area contributed by atoms with Crippen molar-refractivity contribution in [3.8, 4) is 22.9 Å². The van der Waals surface area contributed by atoms with E-state index in [4.69, 9.17) is 16.6 Å². The van der Waals surface area contributed by atoms with Crippen LogP contribution in [0.3, 0.4) is 0 Å². The maximum Gasteiger partial charge on any atom is 0.573 e. The van der Waals surface area contributed by atoms with Gasteiger partial charge in [-0.05, 0) is 71.8 Å². The van der Waals surface area contributed by atoms with Crippen LogP contribution in [0.1, 0.15) is 60.2 Å². The van der Waals surface area contributed by atoms with Gasteiger partial charge in [0.2, 0.25) is 0 Å². The molecule has 43 heavy (non-hydrogen) atoms. The molecule has 1 aliphatic rings. The van der Waals surface area contributed by atoms with Crippen molar-refractivity contribution in [3.63, 3.8) is 0 Å². The lowest BCUT2D eigenvalue weighted by Crippen LogP contribution is -2.43. The van der Waals surface area contributed by atoms with Gasteiger partial charge >= 0.3 is 12.5 Å². The first-order valence-corrected chi connectivity index (χ1v) is 17.0. The number of aromatic nitrogens is 2.